The molecule has 1 N–H and O–H groups in total. The minimum Gasteiger partial charge on any atom is -0.325 e. The number of rotatable bonds is 5. The van der Waals surface area contributed by atoms with Crippen molar-refractivity contribution in [1.29, 1.82) is 0 Å². The van der Waals surface area contributed by atoms with Gasteiger partial charge in [0.25, 0.3) is 0 Å². The number of nitrogens with one attached hydrogen (secondary N) is 1. The fourth-order valence-electron chi connectivity index (χ4n) is 2.01. The molecule has 0 atom stereocenters. The van der Waals surface area contributed by atoms with Crippen LogP contribution in [0.3, 0.4) is 0 Å². The molecule has 0 aliphatic heterocycles. The van der Waals surface area contributed by atoms with Crippen LogP contribution in [0.5, 0.6) is 0 Å². The highest BCUT2D eigenvalue weighted by Crippen LogP contribution is 2.37. The number of hydrogen-bond donors (Lipinski definition) is 1. The van der Waals surface area contributed by atoms with Crippen LogP contribution >= 0.6 is 11.8 Å². The Balaban J connectivity index is 1.54. The maximum Gasteiger partial charge on any atom is 0.416 e. The number of carbonyl (C=O) groups is 1. The minimum absolute atomic E-state index is 0.117. The monoisotopic (exact) mass is 342 g/mol. The van der Waals surface area contributed by atoms with Gasteiger partial charge < -0.3 is 9.88 Å². The summed E-state index contributed by atoms with van der Waals surface area (Å²) in [6.07, 6.45) is -0.564. The van der Waals surface area contributed by atoms with Gasteiger partial charge in [-0.2, -0.15) is 13.2 Å². The Morgan fingerprint density at radius 3 is 2.61 bits per heavy atom. The molecule has 3 rings (SSSR count). The second kappa shape index (κ2) is 6.23. The number of benzene rings is 1. The number of anilines is 1. The van der Waals surface area contributed by atoms with E-state index in [0.29, 0.717) is 16.9 Å². The second-order valence-corrected chi connectivity index (χ2v) is 6.11. The molecule has 5 nitrogen and oxygen atoms in total. The van der Waals surface area contributed by atoms with Crippen LogP contribution < -0.4 is 5.32 Å². The van der Waals surface area contributed by atoms with E-state index in [4.69, 9.17) is 0 Å². The molecule has 122 valence electrons. The predicted molar refractivity (Wildman–Crippen MR) is 79.1 cm³/mol. The maximum atomic E-state index is 12.5. The summed E-state index contributed by atoms with van der Waals surface area (Å²) < 4.78 is 39.3. The Bertz CT molecular complexity index is 695. The molecule has 0 spiro atoms. The van der Waals surface area contributed by atoms with Gasteiger partial charge in [0, 0.05) is 11.7 Å². The lowest BCUT2D eigenvalue weighted by Gasteiger charge is -2.09. The maximum absolute atomic E-state index is 12.5. The van der Waals surface area contributed by atoms with E-state index in [2.05, 4.69) is 15.5 Å². The lowest BCUT2D eigenvalue weighted by atomic mass is 10.2. The molecule has 1 amide bonds. The average Bonchev–Trinajstić information content (AvgIpc) is 3.23. The summed E-state index contributed by atoms with van der Waals surface area (Å²) in [5, 5.41) is 11.0. The largest absolute Gasteiger partial charge is 0.416 e. The van der Waals surface area contributed by atoms with E-state index in [0.717, 1.165) is 25.0 Å². The van der Waals surface area contributed by atoms with Crippen LogP contribution in [-0.2, 0) is 11.0 Å². The van der Waals surface area contributed by atoms with Gasteiger partial charge in [-0.15, -0.1) is 10.2 Å². The first-order valence-corrected chi connectivity index (χ1v) is 7.91. The number of aromatic nitrogens is 3. The zero-order chi connectivity index (χ0) is 16.4. The van der Waals surface area contributed by atoms with Crippen LogP contribution in [-0.4, -0.2) is 26.4 Å². The lowest BCUT2D eigenvalue weighted by Crippen LogP contribution is -2.15. The number of amides is 1. The molecule has 0 saturated heterocycles. The molecule has 1 heterocycles. The van der Waals surface area contributed by atoms with Crippen LogP contribution in [0.2, 0.25) is 0 Å². The van der Waals surface area contributed by atoms with Crippen molar-refractivity contribution in [3.63, 3.8) is 0 Å². The van der Waals surface area contributed by atoms with Gasteiger partial charge in [-0.25, -0.2) is 0 Å². The number of carbonyl (C=O) groups excluding carboxylic acids is 1. The first-order chi connectivity index (χ1) is 10.9. The van der Waals surface area contributed by atoms with Crippen molar-refractivity contribution < 1.29 is 18.0 Å². The van der Waals surface area contributed by atoms with Crippen molar-refractivity contribution in [2.45, 2.75) is 30.2 Å². The van der Waals surface area contributed by atoms with Gasteiger partial charge in [0.15, 0.2) is 5.16 Å². The molecule has 2 aromatic rings. The van der Waals surface area contributed by atoms with E-state index in [1.54, 1.807) is 6.33 Å². The minimum atomic E-state index is -4.38. The third kappa shape index (κ3) is 4.04. The zero-order valence-electron chi connectivity index (χ0n) is 11.9. The number of nitrogens with zero attached hydrogens (tertiary/aromatic N) is 3. The van der Waals surface area contributed by atoms with Crippen LogP contribution in [0.4, 0.5) is 18.9 Å². The predicted octanol–water partition coefficient (Wildman–Crippen LogP) is 3.36. The van der Waals surface area contributed by atoms with Crippen molar-refractivity contribution in [1.82, 2.24) is 14.8 Å². The average molecular weight is 342 g/mol. The van der Waals surface area contributed by atoms with E-state index >= 15 is 0 Å². The van der Waals surface area contributed by atoms with Crippen molar-refractivity contribution in [2.75, 3.05) is 11.1 Å². The molecule has 1 saturated carbocycles. The van der Waals surface area contributed by atoms with Crippen LogP contribution in [0, 0.1) is 0 Å². The summed E-state index contributed by atoms with van der Waals surface area (Å²) in [5.74, 6) is -0.188. The highest BCUT2D eigenvalue weighted by atomic mass is 32.2. The lowest BCUT2D eigenvalue weighted by molar-refractivity contribution is -0.137. The molecule has 1 aliphatic carbocycles. The summed E-state index contributed by atoms with van der Waals surface area (Å²) in [5.41, 5.74) is -0.422. The van der Waals surface area contributed by atoms with E-state index in [9.17, 15) is 18.0 Å². The molecule has 1 fully saturated rings. The summed E-state index contributed by atoms with van der Waals surface area (Å²) in [6.45, 7) is 0. The third-order valence-electron chi connectivity index (χ3n) is 3.31. The number of alkyl halides is 3. The van der Waals surface area contributed by atoms with Gasteiger partial charge in [-0.3, -0.25) is 4.79 Å². The highest BCUT2D eigenvalue weighted by molar-refractivity contribution is 7.99. The standard InChI is InChI=1S/C14H13F3N4OS/c15-14(16,17)9-1-3-10(4-2-9)19-12(22)7-23-13-20-18-8-21(13)11-5-6-11/h1-4,8,11H,5-7H2,(H,19,22). The van der Waals surface area contributed by atoms with Gasteiger partial charge in [-0.05, 0) is 37.1 Å². The zero-order valence-corrected chi connectivity index (χ0v) is 12.7. The van der Waals surface area contributed by atoms with Gasteiger partial charge in [0.05, 0.1) is 11.3 Å². The van der Waals surface area contributed by atoms with Gasteiger partial charge >= 0.3 is 6.18 Å². The molecule has 9 heteroatoms. The molecular weight excluding hydrogens is 329 g/mol. The summed E-state index contributed by atoms with van der Waals surface area (Å²) >= 11 is 1.25. The molecular formula is C14H13F3N4OS. The van der Waals surface area contributed by atoms with E-state index in [1.165, 1.54) is 23.9 Å². The summed E-state index contributed by atoms with van der Waals surface area (Å²) in [6, 6.07) is 4.76. The van der Waals surface area contributed by atoms with Crippen LogP contribution in [0.1, 0.15) is 24.4 Å². The molecule has 0 bridgehead atoms. The first kappa shape index (κ1) is 15.9. The molecule has 0 unspecified atom stereocenters. The number of hydrogen-bond acceptors (Lipinski definition) is 4. The van der Waals surface area contributed by atoms with Crippen molar-refractivity contribution in [2.24, 2.45) is 0 Å². The normalized spacial score (nSPS) is 14.7. The second-order valence-electron chi connectivity index (χ2n) is 5.16. The Labute approximate surface area is 134 Å². The fraction of sp³-hybridized carbons (Fsp3) is 0.357. The SMILES string of the molecule is O=C(CSc1nncn1C1CC1)Nc1ccc(C(F)(F)F)cc1. The summed E-state index contributed by atoms with van der Waals surface area (Å²) in [4.78, 5) is 11.9. The molecule has 23 heavy (non-hydrogen) atoms. The van der Waals surface area contributed by atoms with Crippen LogP contribution in [0.25, 0.3) is 0 Å². The smallest absolute Gasteiger partial charge is 0.325 e. The molecule has 0 radical (unpaired) electrons. The topological polar surface area (TPSA) is 59.8 Å². The van der Waals surface area contributed by atoms with Crippen LogP contribution in [0.15, 0.2) is 35.7 Å². The fourth-order valence-corrected chi connectivity index (χ4v) is 2.79. The third-order valence-corrected chi connectivity index (χ3v) is 4.27. The molecule has 1 aromatic heterocycles. The van der Waals surface area contributed by atoms with E-state index < -0.39 is 11.7 Å². The quantitative estimate of drug-likeness (QED) is 0.847. The molecule has 1 aromatic carbocycles. The van der Waals surface area contributed by atoms with Crippen molar-refractivity contribution >= 4 is 23.4 Å². The first-order valence-electron chi connectivity index (χ1n) is 6.93. The van der Waals surface area contributed by atoms with Gasteiger partial charge in [-0.1, -0.05) is 11.8 Å². The van der Waals surface area contributed by atoms with Gasteiger partial charge in [0.2, 0.25) is 5.91 Å². The highest BCUT2D eigenvalue weighted by Gasteiger charge is 2.30. The Morgan fingerprint density at radius 2 is 2.00 bits per heavy atom. The Hall–Kier alpha value is -2.03. The van der Waals surface area contributed by atoms with Crippen molar-refractivity contribution in [3.05, 3.63) is 36.2 Å². The Morgan fingerprint density at radius 1 is 1.30 bits per heavy atom. The van der Waals surface area contributed by atoms with E-state index in [-0.39, 0.29) is 11.7 Å². The number of thioether (sulfide) groups is 1. The van der Waals surface area contributed by atoms with E-state index in [1.807, 2.05) is 4.57 Å². The van der Waals surface area contributed by atoms with Crippen molar-refractivity contribution in [3.8, 4) is 0 Å². The number of halogens is 3. The van der Waals surface area contributed by atoms with Gasteiger partial charge in [0.1, 0.15) is 6.33 Å². The molecule has 1 aliphatic rings. The summed E-state index contributed by atoms with van der Waals surface area (Å²) in [7, 11) is 0. The Kier molecular flexibility index (Phi) is 4.29.